The Morgan fingerprint density at radius 3 is 2.62 bits per heavy atom. The molecule has 0 aliphatic heterocycles. The highest BCUT2D eigenvalue weighted by atomic mass is 35.5. The number of aryl methyl sites for hydroxylation is 2. The highest BCUT2D eigenvalue weighted by Gasteiger charge is 2.23. The molecule has 4 rings (SSSR count). The third-order valence-electron chi connectivity index (χ3n) is 5.87. The Hall–Kier alpha value is -3.60. The molecular formula is C28H27ClN4O4S2. The van der Waals surface area contributed by atoms with E-state index in [9.17, 15) is 9.59 Å². The summed E-state index contributed by atoms with van der Waals surface area (Å²) in [5.74, 6) is 0.589. The molecule has 0 atom stereocenters. The van der Waals surface area contributed by atoms with Gasteiger partial charge in [0.1, 0.15) is 22.9 Å². The van der Waals surface area contributed by atoms with Gasteiger partial charge in [0, 0.05) is 22.5 Å². The van der Waals surface area contributed by atoms with E-state index in [0.29, 0.717) is 38.7 Å². The largest absolute Gasteiger partial charge is 0.486 e. The number of ether oxygens (including phenoxy) is 2. The van der Waals surface area contributed by atoms with Gasteiger partial charge in [0.2, 0.25) is 5.91 Å². The van der Waals surface area contributed by atoms with Crippen LogP contribution in [0.5, 0.6) is 5.75 Å². The number of thiophene rings is 1. The molecule has 0 saturated heterocycles. The number of halogens is 1. The van der Waals surface area contributed by atoms with Crippen molar-refractivity contribution in [1.82, 2.24) is 14.8 Å². The summed E-state index contributed by atoms with van der Waals surface area (Å²) in [4.78, 5) is 25.5. The summed E-state index contributed by atoms with van der Waals surface area (Å²) in [7, 11) is 1.31. The number of rotatable bonds is 11. The molecule has 2 aromatic carbocycles. The average molecular weight is 583 g/mol. The van der Waals surface area contributed by atoms with E-state index >= 15 is 0 Å². The minimum Gasteiger partial charge on any atom is -0.486 e. The van der Waals surface area contributed by atoms with Crippen LogP contribution in [0.15, 0.2) is 65.7 Å². The molecule has 8 nitrogen and oxygen atoms in total. The molecule has 0 aliphatic carbocycles. The first kappa shape index (κ1) is 28.4. The van der Waals surface area contributed by atoms with E-state index in [1.165, 1.54) is 35.8 Å². The van der Waals surface area contributed by atoms with Crippen molar-refractivity contribution in [2.24, 2.45) is 0 Å². The molecule has 0 saturated carbocycles. The maximum absolute atomic E-state index is 12.9. The van der Waals surface area contributed by atoms with Crippen molar-refractivity contribution >= 4 is 51.6 Å². The topological polar surface area (TPSA) is 95.3 Å². The summed E-state index contributed by atoms with van der Waals surface area (Å²) in [6.07, 6.45) is 1.74. The number of methoxy groups -OCH3 is 1. The number of nitrogens with one attached hydrogen (secondary N) is 1. The summed E-state index contributed by atoms with van der Waals surface area (Å²) in [5.41, 5.74) is 4.08. The lowest BCUT2D eigenvalue weighted by atomic mass is 10.0. The van der Waals surface area contributed by atoms with Crippen LogP contribution in [-0.4, -0.2) is 39.5 Å². The van der Waals surface area contributed by atoms with Crippen molar-refractivity contribution in [3.8, 4) is 16.9 Å². The van der Waals surface area contributed by atoms with Crippen molar-refractivity contribution in [3.63, 3.8) is 0 Å². The number of amides is 1. The first-order valence-corrected chi connectivity index (χ1v) is 14.2. The van der Waals surface area contributed by atoms with Crippen molar-refractivity contribution in [2.45, 2.75) is 32.2 Å². The lowest BCUT2D eigenvalue weighted by Gasteiger charge is -2.10. The van der Waals surface area contributed by atoms with Crippen LogP contribution < -0.4 is 10.1 Å². The molecule has 4 aromatic rings. The number of thioether (sulfide) groups is 1. The van der Waals surface area contributed by atoms with Crippen molar-refractivity contribution in [2.75, 3.05) is 18.2 Å². The molecule has 0 radical (unpaired) electrons. The third kappa shape index (κ3) is 6.89. The number of anilines is 1. The summed E-state index contributed by atoms with van der Waals surface area (Å²) in [6, 6.07) is 13.0. The number of carbonyl (C=O) groups is 2. The number of aromatic nitrogens is 3. The van der Waals surface area contributed by atoms with Gasteiger partial charge in [-0.25, -0.2) is 4.79 Å². The smallest absolute Gasteiger partial charge is 0.341 e. The van der Waals surface area contributed by atoms with Crippen molar-refractivity contribution in [3.05, 3.63) is 88.0 Å². The highest BCUT2D eigenvalue weighted by Crippen LogP contribution is 2.36. The van der Waals surface area contributed by atoms with Gasteiger partial charge in [-0.05, 0) is 54.8 Å². The number of nitrogens with zero attached hydrogens (tertiary/aromatic N) is 3. The van der Waals surface area contributed by atoms with Crippen LogP contribution >= 0.6 is 34.7 Å². The lowest BCUT2D eigenvalue weighted by Crippen LogP contribution is -2.16. The van der Waals surface area contributed by atoms with Gasteiger partial charge in [-0.2, -0.15) is 0 Å². The Morgan fingerprint density at radius 1 is 1.15 bits per heavy atom. The molecule has 0 spiro atoms. The molecule has 39 heavy (non-hydrogen) atoms. The molecule has 0 bridgehead atoms. The first-order valence-electron chi connectivity index (χ1n) is 11.9. The summed E-state index contributed by atoms with van der Waals surface area (Å²) >= 11 is 8.49. The van der Waals surface area contributed by atoms with E-state index in [2.05, 4.69) is 22.1 Å². The molecule has 0 aliphatic rings. The number of esters is 1. The molecular weight excluding hydrogens is 556 g/mol. The number of allylic oxidation sites excluding steroid dienone is 1. The van der Waals surface area contributed by atoms with Crippen molar-refractivity contribution in [1.29, 1.82) is 0 Å². The van der Waals surface area contributed by atoms with Crippen LogP contribution in [0.3, 0.4) is 0 Å². The summed E-state index contributed by atoms with van der Waals surface area (Å²) in [6.45, 7) is 8.59. The Morgan fingerprint density at radius 2 is 1.92 bits per heavy atom. The third-order valence-corrected chi connectivity index (χ3v) is 7.99. The molecule has 11 heteroatoms. The Balaban J connectivity index is 1.44. The molecule has 0 fully saturated rings. The van der Waals surface area contributed by atoms with Gasteiger partial charge in [0.25, 0.3) is 0 Å². The molecule has 0 unspecified atom stereocenters. The van der Waals surface area contributed by atoms with Gasteiger partial charge >= 0.3 is 5.97 Å². The maximum Gasteiger partial charge on any atom is 0.341 e. The fourth-order valence-corrected chi connectivity index (χ4v) is 5.55. The maximum atomic E-state index is 12.9. The number of hydrogen-bond acceptors (Lipinski definition) is 8. The van der Waals surface area contributed by atoms with Gasteiger partial charge < -0.3 is 14.8 Å². The lowest BCUT2D eigenvalue weighted by molar-refractivity contribution is -0.113. The molecule has 1 amide bonds. The number of benzene rings is 2. The SMILES string of the molecule is C=CCn1c(COc2ccc(C)c(C)c2)nnc1SCC(=O)Nc1scc(-c2ccc(Cl)cc2)c1C(=O)OC. The molecule has 1 N–H and O–H groups in total. The normalized spacial score (nSPS) is 10.8. The quantitative estimate of drug-likeness (QED) is 0.122. The van der Waals surface area contributed by atoms with E-state index in [-0.39, 0.29) is 18.3 Å². The van der Waals surface area contributed by atoms with Gasteiger partial charge in [0.05, 0.1) is 12.9 Å². The van der Waals surface area contributed by atoms with Crippen molar-refractivity contribution < 1.29 is 19.1 Å². The Kier molecular flexibility index (Phi) is 9.45. The predicted molar refractivity (Wildman–Crippen MR) is 156 cm³/mol. The molecule has 2 heterocycles. The van der Waals surface area contributed by atoms with Crippen LogP contribution in [0.25, 0.3) is 11.1 Å². The highest BCUT2D eigenvalue weighted by molar-refractivity contribution is 7.99. The summed E-state index contributed by atoms with van der Waals surface area (Å²) < 4.78 is 12.8. The van der Waals surface area contributed by atoms with Gasteiger partial charge in [-0.1, -0.05) is 47.6 Å². The van der Waals surface area contributed by atoms with Gasteiger partial charge in [0.15, 0.2) is 11.0 Å². The zero-order valence-corrected chi connectivity index (χ0v) is 24.1. The van der Waals surface area contributed by atoms with Crippen LogP contribution in [0.2, 0.25) is 5.02 Å². The first-order chi connectivity index (χ1) is 18.8. The Bertz CT molecular complexity index is 1500. The zero-order chi connectivity index (χ0) is 27.9. The van der Waals surface area contributed by atoms with Crippen LogP contribution in [0, 0.1) is 13.8 Å². The fraction of sp³-hybridized carbons (Fsp3) is 0.214. The molecule has 202 valence electrons. The second kappa shape index (κ2) is 13.0. The number of hydrogen-bond donors (Lipinski definition) is 1. The molecule has 2 aromatic heterocycles. The zero-order valence-electron chi connectivity index (χ0n) is 21.7. The Labute approximate surface area is 240 Å². The summed E-state index contributed by atoms with van der Waals surface area (Å²) in [5, 5.41) is 14.7. The van der Waals surface area contributed by atoms with E-state index < -0.39 is 5.97 Å². The number of carbonyl (C=O) groups excluding carboxylic acids is 2. The minimum absolute atomic E-state index is 0.0576. The van der Waals surface area contributed by atoms with E-state index in [1.807, 2.05) is 48.7 Å². The average Bonchev–Trinajstić information content (AvgIpc) is 3.52. The standard InChI is InChI=1S/C28H27ClN4O4S2/c1-5-12-33-23(14-37-21-11-6-17(2)18(3)13-21)31-32-28(33)39-16-24(34)30-26-25(27(35)36-4)22(15-38-26)19-7-9-20(29)10-8-19/h5-11,13,15H,1,12,14,16H2,2-4H3,(H,30,34). The minimum atomic E-state index is -0.539. The second-order valence-electron chi connectivity index (χ2n) is 8.52. The van der Waals surface area contributed by atoms with E-state index in [0.717, 1.165) is 16.9 Å². The second-order valence-corrected chi connectivity index (χ2v) is 10.8. The monoisotopic (exact) mass is 582 g/mol. The van der Waals surface area contributed by atoms with Crippen LogP contribution in [0.1, 0.15) is 27.3 Å². The van der Waals surface area contributed by atoms with Crippen LogP contribution in [-0.2, 0) is 22.7 Å². The van der Waals surface area contributed by atoms with Gasteiger partial charge in [-0.3, -0.25) is 9.36 Å². The fourth-order valence-electron chi connectivity index (χ4n) is 3.69. The van der Waals surface area contributed by atoms with Gasteiger partial charge in [-0.15, -0.1) is 28.1 Å². The van der Waals surface area contributed by atoms with E-state index in [4.69, 9.17) is 21.1 Å². The van der Waals surface area contributed by atoms with E-state index in [1.54, 1.807) is 23.6 Å². The van der Waals surface area contributed by atoms with Crippen LogP contribution in [0.4, 0.5) is 5.00 Å². The predicted octanol–water partition coefficient (Wildman–Crippen LogP) is 6.56.